The maximum atomic E-state index is 11.9. The number of piperazine rings is 1. The van der Waals surface area contributed by atoms with E-state index in [1.807, 2.05) is 4.90 Å². The third-order valence-corrected chi connectivity index (χ3v) is 3.15. The molecule has 0 unspecified atom stereocenters. The Balaban J connectivity index is 0.00000180. The number of nitrogens with one attached hydrogen (secondary N) is 1. The minimum absolute atomic E-state index is 0. The van der Waals surface area contributed by atoms with E-state index in [-0.39, 0.29) is 24.9 Å². The van der Waals surface area contributed by atoms with E-state index in [1.54, 1.807) is 24.3 Å². The van der Waals surface area contributed by atoms with Crippen molar-refractivity contribution < 1.29 is 9.53 Å². The van der Waals surface area contributed by atoms with E-state index in [0.717, 1.165) is 19.6 Å². The molecule has 1 fully saturated rings. The van der Waals surface area contributed by atoms with Crippen LogP contribution in [0.15, 0.2) is 24.3 Å². The molecule has 1 aromatic rings. The lowest BCUT2D eigenvalue weighted by molar-refractivity contribution is -0.134. The highest BCUT2D eigenvalue weighted by atomic mass is 35.5. The van der Waals surface area contributed by atoms with Gasteiger partial charge in [0.2, 0.25) is 0 Å². The second-order valence-electron chi connectivity index (χ2n) is 4.44. The van der Waals surface area contributed by atoms with Gasteiger partial charge in [0.15, 0.2) is 6.61 Å². The molecule has 6 heteroatoms. The van der Waals surface area contributed by atoms with Gasteiger partial charge in [0.05, 0.1) is 0 Å². The molecule has 0 saturated carbocycles. The fourth-order valence-corrected chi connectivity index (χ4v) is 2.05. The number of carbonyl (C=O) groups is 1. The van der Waals surface area contributed by atoms with Crippen LogP contribution in [0.1, 0.15) is 6.92 Å². The fourth-order valence-electron chi connectivity index (χ4n) is 1.93. The molecule has 2 rings (SSSR count). The molecule has 0 aromatic heterocycles. The zero-order chi connectivity index (χ0) is 13.0. The highest BCUT2D eigenvalue weighted by molar-refractivity contribution is 6.30. The van der Waals surface area contributed by atoms with Gasteiger partial charge in [0.1, 0.15) is 5.75 Å². The van der Waals surface area contributed by atoms with E-state index < -0.39 is 0 Å². The number of amides is 1. The monoisotopic (exact) mass is 304 g/mol. The predicted octanol–water partition coefficient (Wildman–Crippen LogP) is 1.96. The van der Waals surface area contributed by atoms with Crippen molar-refractivity contribution in [3.8, 4) is 5.75 Å². The lowest BCUT2D eigenvalue weighted by Gasteiger charge is -2.31. The highest BCUT2D eigenvalue weighted by Gasteiger charge is 2.20. The smallest absolute Gasteiger partial charge is 0.260 e. The van der Waals surface area contributed by atoms with Crippen molar-refractivity contribution in [1.82, 2.24) is 10.2 Å². The van der Waals surface area contributed by atoms with E-state index in [2.05, 4.69) is 12.2 Å². The number of halogens is 2. The largest absolute Gasteiger partial charge is 0.484 e. The molecule has 106 valence electrons. The molecule has 4 nitrogen and oxygen atoms in total. The Kier molecular flexibility index (Phi) is 6.42. The maximum absolute atomic E-state index is 11.9. The number of hydrogen-bond acceptors (Lipinski definition) is 3. The third kappa shape index (κ3) is 4.90. The molecule has 19 heavy (non-hydrogen) atoms. The molecule has 0 radical (unpaired) electrons. The lowest BCUT2D eigenvalue weighted by atomic mass is 10.2. The SMILES string of the molecule is C[C@@H]1CN(C(=O)COc2ccc(Cl)cc2)CCN1.Cl. The zero-order valence-electron chi connectivity index (χ0n) is 10.8. The molecule has 0 aliphatic carbocycles. The van der Waals surface area contributed by atoms with Crippen LogP contribution in [0.3, 0.4) is 0 Å². The van der Waals surface area contributed by atoms with Gasteiger partial charge >= 0.3 is 0 Å². The van der Waals surface area contributed by atoms with Gasteiger partial charge in [0.25, 0.3) is 5.91 Å². The van der Waals surface area contributed by atoms with Crippen LogP contribution < -0.4 is 10.1 Å². The number of benzene rings is 1. The summed E-state index contributed by atoms with van der Waals surface area (Å²) in [5.74, 6) is 0.689. The normalized spacial score (nSPS) is 18.6. The Hall–Kier alpha value is -0.970. The van der Waals surface area contributed by atoms with Crippen molar-refractivity contribution >= 4 is 29.9 Å². The van der Waals surface area contributed by atoms with Gasteiger partial charge in [-0.15, -0.1) is 12.4 Å². The molecule has 1 aliphatic heterocycles. The van der Waals surface area contributed by atoms with Crippen molar-refractivity contribution in [2.24, 2.45) is 0 Å². The molecule has 1 atom stereocenters. The van der Waals surface area contributed by atoms with Crippen LogP contribution in [0, 0.1) is 0 Å². The summed E-state index contributed by atoms with van der Waals surface area (Å²) in [5.41, 5.74) is 0. The van der Waals surface area contributed by atoms with E-state index >= 15 is 0 Å². The summed E-state index contributed by atoms with van der Waals surface area (Å²) in [6.07, 6.45) is 0. The number of ether oxygens (including phenoxy) is 1. The summed E-state index contributed by atoms with van der Waals surface area (Å²) in [4.78, 5) is 13.8. The van der Waals surface area contributed by atoms with Gasteiger partial charge in [-0.25, -0.2) is 0 Å². The minimum atomic E-state index is 0. The summed E-state index contributed by atoms with van der Waals surface area (Å²) >= 11 is 5.77. The maximum Gasteiger partial charge on any atom is 0.260 e. The second-order valence-corrected chi connectivity index (χ2v) is 4.87. The molecule has 1 aliphatic rings. The molecular weight excluding hydrogens is 287 g/mol. The molecule has 1 N–H and O–H groups in total. The third-order valence-electron chi connectivity index (χ3n) is 2.90. The van der Waals surface area contributed by atoms with Gasteiger partial charge in [-0.05, 0) is 31.2 Å². The van der Waals surface area contributed by atoms with Crippen molar-refractivity contribution in [2.75, 3.05) is 26.2 Å². The van der Waals surface area contributed by atoms with Crippen molar-refractivity contribution in [1.29, 1.82) is 0 Å². The van der Waals surface area contributed by atoms with E-state index in [0.29, 0.717) is 16.8 Å². The summed E-state index contributed by atoms with van der Waals surface area (Å²) < 4.78 is 5.44. The zero-order valence-corrected chi connectivity index (χ0v) is 12.3. The molecule has 0 bridgehead atoms. The number of hydrogen-bond donors (Lipinski definition) is 1. The first kappa shape index (κ1) is 16.1. The van der Waals surface area contributed by atoms with E-state index in [4.69, 9.17) is 16.3 Å². The van der Waals surface area contributed by atoms with Gasteiger partial charge in [0, 0.05) is 30.7 Å². The van der Waals surface area contributed by atoms with Crippen LogP contribution in [-0.4, -0.2) is 43.1 Å². The van der Waals surface area contributed by atoms with Crippen LogP contribution in [0.5, 0.6) is 5.75 Å². The first-order valence-corrected chi connectivity index (χ1v) is 6.42. The van der Waals surface area contributed by atoms with Crippen molar-refractivity contribution in [3.05, 3.63) is 29.3 Å². The van der Waals surface area contributed by atoms with Crippen LogP contribution in [0.4, 0.5) is 0 Å². The fraction of sp³-hybridized carbons (Fsp3) is 0.462. The molecule has 0 spiro atoms. The van der Waals surface area contributed by atoms with Crippen LogP contribution in [-0.2, 0) is 4.79 Å². The summed E-state index contributed by atoms with van der Waals surface area (Å²) in [5, 5.41) is 3.95. The number of nitrogens with zero attached hydrogens (tertiary/aromatic N) is 1. The molecule has 1 aromatic carbocycles. The van der Waals surface area contributed by atoms with Gasteiger partial charge in [-0.3, -0.25) is 4.79 Å². The Morgan fingerprint density at radius 1 is 1.47 bits per heavy atom. The Morgan fingerprint density at radius 3 is 2.79 bits per heavy atom. The first-order valence-electron chi connectivity index (χ1n) is 6.04. The van der Waals surface area contributed by atoms with Crippen LogP contribution >= 0.6 is 24.0 Å². The highest BCUT2D eigenvalue weighted by Crippen LogP contribution is 2.15. The van der Waals surface area contributed by atoms with Crippen molar-refractivity contribution in [2.45, 2.75) is 13.0 Å². The quantitative estimate of drug-likeness (QED) is 0.928. The first-order chi connectivity index (χ1) is 8.65. The summed E-state index contributed by atoms with van der Waals surface area (Å²) in [6.45, 7) is 4.47. The van der Waals surface area contributed by atoms with Gasteiger partial charge in [-0.2, -0.15) is 0 Å². The molecule has 1 heterocycles. The topological polar surface area (TPSA) is 41.6 Å². The molecule has 1 saturated heterocycles. The average molecular weight is 305 g/mol. The molecular formula is C13H18Cl2N2O2. The Bertz CT molecular complexity index is 412. The average Bonchev–Trinajstić information content (AvgIpc) is 2.38. The number of rotatable bonds is 3. The standard InChI is InChI=1S/C13H17ClN2O2.ClH/c1-10-8-16(7-6-15-10)13(17)9-18-12-4-2-11(14)3-5-12;/h2-5,10,15H,6-9H2,1H3;1H/t10-;/m1./s1. The molecule has 1 amide bonds. The number of carbonyl (C=O) groups excluding carboxylic acids is 1. The van der Waals surface area contributed by atoms with E-state index in [1.165, 1.54) is 0 Å². The Labute approximate surface area is 124 Å². The van der Waals surface area contributed by atoms with E-state index in [9.17, 15) is 4.79 Å². The summed E-state index contributed by atoms with van der Waals surface area (Å²) in [6, 6.07) is 7.35. The second kappa shape index (κ2) is 7.58. The van der Waals surface area contributed by atoms with Gasteiger partial charge < -0.3 is 15.0 Å². The summed E-state index contributed by atoms with van der Waals surface area (Å²) in [7, 11) is 0. The van der Waals surface area contributed by atoms with Crippen molar-refractivity contribution in [3.63, 3.8) is 0 Å². The van der Waals surface area contributed by atoms with Crippen LogP contribution in [0.25, 0.3) is 0 Å². The van der Waals surface area contributed by atoms with Crippen LogP contribution in [0.2, 0.25) is 5.02 Å². The lowest BCUT2D eigenvalue weighted by Crippen LogP contribution is -2.52. The van der Waals surface area contributed by atoms with Gasteiger partial charge in [-0.1, -0.05) is 11.6 Å². The predicted molar refractivity (Wildman–Crippen MR) is 78.2 cm³/mol. The Morgan fingerprint density at radius 2 is 2.16 bits per heavy atom. The minimum Gasteiger partial charge on any atom is -0.484 e.